The maximum atomic E-state index is 12.5. The Balaban J connectivity index is 2.32. The number of halogens is 4. The van der Waals surface area contributed by atoms with Crippen molar-refractivity contribution in [1.82, 2.24) is 5.32 Å². The van der Waals surface area contributed by atoms with Crippen LogP contribution >= 0.6 is 11.6 Å². The molecule has 1 aliphatic rings. The van der Waals surface area contributed by atoms with Crippen LogP contribution in [0.2, 0.25) is 0 Å². The van der Waals surface area contributed by atoms with E-state index in [0.29, 0.717) is 19.4 Å². The van der Waals surface area contributed by atoms with Gasteiger partial charge in [-0.1, -0.05) is 6.92 Å². The molecule has 0 saturated heterocycles. The van der Waals surface area contributed by atoms with Gasteiger partial charge in [-0.15, -0.1) is 11.6 Å². The van der Waals surface area contributed by atoms with E-state index in [2.05, 4.69) is 5.32 Å². The van der Waals surface area contributed by atoms with Gasteiger partial charge in [0.2, 0.25) is 5.91 Å². The van der Waals surface area contributed by atoms with Crippen LogP contribution in [0.25, 0.3) is 0 Å². The van der Waals surface area contributed by atoms with E-state index in [9.17, 15) is 18.0 Å². The third-order valence-corrected chi connectivity index (χ3v) is 3.96. The van der Waals surface area contributed by atoms with Crippen molar-refractivity contribution in [3.05, 3.63) is 0 Å². The third kappa shape index (κ3) is 4.67. The second-order valence-corrected chi connectivity index (χ2v) is 5.46. The topological polar surface area (TPSA) is 29.1 Å². The van der Waals surface area contributed by atoms with Crippen LogP contribution in [0.4, 0.5) is 13.2 Å². The van der Waals surface area contributed by atoms with E-state index in [1.54, 1.807) is 0 Å². The molecule has 1 amide bonds. The van der Waals surface area contributed by atoms with Crippen molar-refractivity contribution in [2.75, 3.05) is 6.54 Å². The lowest BCUT2D eigenvalue weighted by Gasteiger charge is -2.29. The number of alkyl halides is 4. The molecule has 1 saturated carbocycles. The molecule has 1 unspecified atom stereocenters. The van der Waals surface area contributed by atoms with Gasteiger partial charge in [0.25, 0.3) is 0 Å². The fraction of sp³-hybridized carbons (Fsp3) is 0.917. The van der Waals surface area contributed by atoms with E-state index in [1.807, 2.05) is 6.92 Å². The van der Waals surface area contributed by atoms with Gasteiger partial charge in [-0.3, -0.25) is 4.79 Å². The van der Waals surface area contributed by atoms with E-state index >= 15 is 0 Å². The van der Waals surface area contributed by atoms with Gasteiger partial charge in [0.15, 0.2) is 0 Å². The highest BCUT2D eigenvalue weighted by Crippen LogP contribution is 2.39. The lowest BCUT2D eigenvalue weighted by Crippen LogP contribution is -2.38. The molecule has 0 radical (unpaired) electrons. The van der Waals surface area contributed by atoms with Gasteiger partial charge in [0.05, 0.1) is 11.3 Å². The number of rotatable bonds is 4. The minimum Gasteiger partial charge on any atom is -0.354 e. The van der Waals surface area contributed by atoms with E-state index in [4.69, 9.17) is 11.6 Å². The summed E-state index contributed by atoms with van der Waals surface area (Å²) in [6.45, 7) is 2.30. The minimum absolute atomic E-state index is 0.0552. The zero-order valence-electron chi connectivity index (χ0n) is 10.4. The zero-order chi connectivity index (χ0) is 13.8. The number of hydrogen-bond donors (Lipinski definition) is 1. The Morgan fingerprint density at radius 2 is 1.89 bits per heavy atom. The summed E-state index contributed by atoms with van der Waals surface area (Å²) in [5.74, 6) is -1.68. The minimum atomic E-state index is -4.12. The molecule has 0 aromatic heterocycles. The summed E-state index contributed by atoms with van der Waals surface area (Å²) in [6.07, 6.45) is -2.63. The number of carbonyl (C=O) groups is 1. The van der Waals surface area contributed by atoms with Crippen LogP contribution in [-0.4, -0.2) is 24.0 Å². The molecular formula is C12H19ClF3NO. The molecule has 106 valence electrons. The molecule has 1 aliphatic carbocycles. The summed E-state index contributed by atoms with van der Waals surface area (Å²) in [5, 5.41) is 2.59. The predicted molar refractivity (Wildman–Crippen MR) is 64.4 cm³/mol. The first-order valence-corrected chi connectivity index (χ1v) is 6.76. The molecule has 18 heavy (non-hydrogen) atoms. The van der Waals surface area contributed by atoms with Crippen molar-refractivity contribution < 1.29 is 18.0 Å². The van der Waals surface area contributed by atoms with Crippen LogP contribution in [0, 0.1) is 11.8 Å². The molecule has 0 heterocycles. The molecule has 1 rings (SSSR count). The summed E-state index contributed by atoms with van der Waals surface area (Å²) >= 11 is 5.87. The Hall–Kier alpha value is -0.450. The Kier molecular flexibility index (Phi) is 5.76. The molecular weight excluding hydrogens is 267 g/mol. The molecule has 0 spiro atoms. The highest BCUT2D eigenvalue weighted by Gasteiger charge is 2.42. The standard InChI is InChI=1S/C12H19ClF3NO/c1-2-10(13)7-17-11(18)8-3-5-9(6-4-8)12(14,15)16/h8-10H,2-7H2,1H3,(H,17,18). The van der Waals surface area contributed by atoms with E-state index in [1.165, 1.54) is 0 Å². The van der Waals surface area contributed by atoms with Gasteiger partial charge in [-0.25, -0.2) is 0 Å². The maximum Gasteiger partial charge on any atom is 0.391 e. The average Bonchev–Trinajstić information content (AvgIpc) is 2.34. The van der Waals surface area contributed by atoms with Gasteiger partial charge in [0, 0.05) is 12.5 Å². The summed E-state index contributed by atoms with van der Waals surface area (Å²) in [7, 11) is 0. The van der Waals surface area contributed by atoms with Crippen LogP contribution in [-0.2, 0) is 4.79 Å². The lowest BCUT2D eigenvalue weighted by molar-refractivity contribution is -0.184. The molecule has 0 aromatic rings. The average molecular weight is 286 g/mol. The Morgan fingerprint density at radius 1 is 1.33 bits per heavy atom. The second kappa shape index (κ2) is 6.64. The SMILES string of the molecule is CCC(Cl)CNC(=O)C1CCC(C(F)(F)F)CC1. The molecule has 2 nitrogen and oxygen atoms in total. The van der Waals surface area contributed by atoms with Gasteiger partial charge < -0.3 is 5.32 Å². The van der Waals surface area contributed by atoms with Crippen molar-refractivity contribution >= 4 is 17.5 Å². The van der Waals surface area contributed by atoms with Crippen LogP contribution in [0.5, 0.6) is 0 Å². The molecule has 0 aromatic carbocycles. The first kappa shape index (κ1) is 15.6. The fourth-order valence-corrected chi connectivity index (χ4v) is 2.26. The Labute approximate surface area is 110 Å². The molecule has 0 aliphatic heterocycles. The van der Waals surface area contributed by atoms with Crippen LogP contribution in [0.15, 0.2) is 0 Å². The Morgan fingerprint density at radius 3 is 2.33 bits per heavy atom. The largest absolute Gasteiger partial charge is 0.391 e. The van der Waals surface area contributed by atoms with E-state index < -0.39 is 12.1 Å². The summed E-state index contributed by atoms with van der Waals surface area (Å²) in [6, 6.07) is 0. The second-order valence-electron chi connectivity index (χ2n) is 4.84. The maximum absolute atomic E-state index is 12.5. The van der Waals surface area contributed by atoms with Gasteiger partial charge >= 0.3 is 6.18 Å². The Bertz CT molecular complexity index is 275. The summed E-state index contributed by atoms with van der Waals surface area (Å²) < 4.78 is 37.4. The monoisotopic (exact) mass is 285 g/mol. The highest BCUT2D eigenvalue weighted by atomic mass is 35.5. The van der Waals surface area contributed by atoms with Crippen molar-refractivity contribution in [1.29, 1.82) is 0 Å². The number of carbonyl (C=O) groups excluding carboxylic acids is 1. The normalized spacial score (nSPS) is 26.7. The fourth-order valence-electron chi connectivity index (χ4n) is 2.18. The van der Waals surface area contributed by atoms with E-state index in [0.717, 1.165) is 6.42 Å². The van der Waals surface area contributed by atoms with Crippen LogP contribution < -0.4 is 5.32 Å². The molecule has 1 atom stereocenters. The molecule has 1 fully saturated rings. The van der Waals surface area contributed by atoms with Crippen molar-refractivity contribution in [2.24, 2.45) is 11.8 Å². The quantitative estimate of drug-likeness (QED) is 0.787. The third-order valence-electron chi connectivity index (χ3n) is 3.50. The smallest absolute Gasteiger partial charge is 0.354 e. The predicted octanol–water partition coefficient (Wildman–Crippen LogP) is 3.49. The number of amides is 1. The van der Waals surface area contributed by atoms with Gasteiger partial charge in [-0.2, -0.15) is 13.2 Å². The molecule has 6 heteroatoms. The van der Waals surface area contributed by atoms with Crippen LogP contribution in [0.1, 0.15) is 39.0 Å². The van der Waals surface area contributed by atoms with Crippen molar-refractivity contribution in [3.63, 3.8) is 0 Å². The van der Waals surface area contributed by atoms with Crippen molar-refractivity contribution in [2.45, 2.75) is 50.6 Å². The number of hydrogen-bond acceptors (Lipinski definition) is 1. The summed E-state index contributed by atoms with van der Waals surface area (Å²) in [4.78, 5) is 11.7. The lowest BCUT2D eigenvalue weighted by atomic mass is 9.81. The van der Waals surface area contributed by atoms with E-state index in [-0.39, 0.29) is 30.0 Å². The first-order valence-electron chi connectivity index (χ1n) is 6.33. The number of nitrogens with one attached hydrogen (secondary N) is 1. The van der Waals surface area contributed by atoms with Gasteiger partial charge in [0.1, 0.15) is 0 Å². The molecule has 0 bridgehead atoms. The zero-order valence-corrected chi connectivity index (χ0v) is 11.2. The highest BCUT2D eigenvalue weighted by molar-refractivity contribution is 6.20. The summed E-state index contributed by atoms with van der Waals surface area (Å²) in [5.41, 5.74) is 0. The first-order chi connectivity index (χ1) is 8.34. The van der Waals surface area contributed by atoms with Crippen LogP contribution in [0.3, 0.4) is 0 Å². The molecule has 1 N–H and O–H groups in total. The van der Waals surface area contributed by atoms with Crippen molar-refractivity contribution in [3.8, 4) is 0 Å². The van der Waals surface area contributed by atoms with Gasteiger partial charge in [-0.05, 0) is 32.1 Å².